The fourth-order valence-electron chi connectivity index (χ4n) is 5.91. The van der Waals surface area contributed by atoms with Gasteiger partial charge in [-0.25, -0.2) is 0 Å². The second kappa shape index (κ2) is 8.95. The normalized spacial score (nSPS) is 19.1. The Morgan fingerprint density at radius 2 is 1.82 bits per heavy atom. The monoisotopic (exact) mass is 459 g/mol. The van der Waals surface area contributed by atoms with E-state index in [1.165, 1.54) is 48.9 Å². The van der Waals surface area contributed by atoms with E-state index in [1.807, 2.05) is 11.0 Å². The van der Waals surface area contributed by atoms with Gasteiger partial charge in [0.05, 0.1) is 16.8 Å². The van der Waals surface area contributed by atoms with Crippen LogP contribution in [0.5, 0.6) is 5.75 Å². The summed E-state index contributed by atoms with van der Waals surface area (Å²) in [6, 6.07) is 10.1. The Morgan fingerprint density at radius 1 is 1.03 bits per heavy atom. The molecule has 2 aromatic carbocycles. The molecule has 1 saturated carbocycles. The molecule has 0 spiro atoms. The number of amides is 1. The van der Waals surface area contributed by atoms with Crippen molar-refractivity contribution in [1.29, 1.82) is 0 Å². The highest BCUT2D eigenvalue weighted by Gasteiger charge is 2.28. The number of nitrogens with one attached hydrogen (secondary N) is 2. The minimum atomic E-state index is -0.121. The molecule has 1 aliphatic carbocycles. The van der Waals surface area contributed by atoms with Gasteiger partial charge in [-0.05, 0) is 41.7 Å². The molecule has 3 aliphatic rings. The molecule has 3 heterocycles. The maximum Gasteiger partial charge on any atom is 0.258 e. The number of H-pyrrole nitrogens is 1. The number of piperazine rings is 1. The van der Waals surface area contributed by atoms with Crippen LogP contribution in [-0.4, -0.2) is 52.3 Å². The number of anilines is 1. The minimum Gasteiger partial charge on any atom is -0.507 e. The van der Waals surface area contributed by atoms with Crippen LogP contribution in [0.3, 0.4) is 0 Å². The van der Waals surface area contributed by atoms with Crippen LogP contribution in [-0.2, 0) is 19.5 Å². The van der Waals surface area contributed by atoms with Crippen LogP contribution in [0.4, 0.5) is 5.69 Å². The van der Waals surface area contributed by atoms with Gasteiger partial charge in [-0.2, -0.15) is 5.10 Å². The van der Waals surface area contributed by atoms with Crippen LogP contribution in [0.1, 0.15) is 59.3 Å². The molecule has 7 nitrogen and oxygen atoms in total. The maximum atomic E-state index is 13.5. The van der Waals surface area contributed by atoms with Crippen molar-refractivity contribution >= 4 is 22.5 Å². The first-order valence-corrected chi connectivity index (χ1v) is 12.7. The van der Waals surface area contributed by atoms with Gasteiger partial charge < -0.3 is 20.2 Å². The summed E-state index contributed by atoms with van der Waals surface area (Å²) in [5.41, 5.74) is 5.80. The van der Waals surface area contributed by atoms with E-state index in [2.05, 4.69) is 38.6 Å². The second-order valence-corrected chi connectivity index (χ2v) is 10.1. The third kappa shape index (κ3) is 4.02. The number of benzene rings is 2. The summed E-state index contributed by atoms with van der Waals surface area (Å²) in [5.74, 6) is 0.554. The van der Waals surface area contributed by atoms with Gasteiger partial charge in [0.2, 0.25) is 0 Å². The molecule has 6 rings (SSSR count). The number of hydrogen-bond donors (Lipinski definition) is 3. The fraction of sp³-hybridized carbons (Fsp3) is 0.481. The van der Waals surface area contributed by atoms with E-state index in [0.29, 0.717) is 24.6 Å². The molecule has 0 radical (unpaired) electrons. The molecular weight excluding hydrogens is 426 g/mol. The Morgan fingerprint density at radius 3 is 2.65 bits per heavy atom. The van der Waals surface area contributed by atoms with Crippen molar-refractivity contribution in [1.82, 2.24) is 20.4 Å². The fourth-order valence-corrected chi connectivity index (χ4v) is 5.91. The lowest BCUT2D eigenvalue weighted by atomic mass is 9.85. The molecule has 1 amide bonds. The van der Waals surface area contributed by atoms with Crippen LogP contribution in [0.2, 0.25) is 0 Å². The van der Waals surface area contributed by atoms with Crippen LogP contribution >= 0.6 is 0 Å². The third-order valence-electron chi connectivity index (χ3n) is 7.88. The number of aromatic nitrogens is 2. The molecule has 3 N–H and O–H groups in total. The molecule has 7 heteroatoms. The zero-order valence-corrected chi connectivity index (χ0v) is 19.6. The Kier molecular flexibility index (Phi) is 5.65. The molecule has 3 aromatic rings. The number of rotatable bonds is 4. The number of aromatic hydroxyl groups is 1. The number of carbonyl (C=O) groups is 1. The quantitative estimate of drug-likeness (QED) is 0.550. The smallest absolute Gasteiger partial charge is 0.258 e. The van der Waals surface area contributed by atoms with Gasteiger partial charge in [0.15, 0.2) is 0 Å². The highest BCUT2D eigenvalue weighted by molar-refractivity contribution is 6.01. The van der Waals surface area contributed by atoms with Crippen LogP contribution < -0.4 is 10.2 Å². The largest absolute Gasteiger partial charge is 0.507 e. The standard InChI is InChI=1S/C27H33N5O2/c33-26-15-25-22(24(29-30-25)12-18-4-2-1-3-5-18)14-23(26)27(34)32-16-19-6-7-21(13-20(19)17-32)31-10-8-28-9-11-31/h6-7,13-15,18,28,33H,1-5,8-12,16-17H2,(H,29,30). The number of phenols is 1. The predicted octanol–water partition coefficient (Wildman–Crippen LogP) is 3.96. The van der Waals surface area contributed by atoms with E-state index in [-0.39, 0.29) is 11.7 Å². The van der Waals surface area contributed by atoms with E-state index in [1.54, 1.807) is 6.07 Å². The molecule has 1 aromatic heterocycles. The summed E-state index contributed by atoms with van der Waals surface area (Å²) in [4.78, 5) is 17.7. The van der Waals surface area contributed by atoms with Crippen molar-refractivity contribution in [2.45, 2.75) is 51.6 Å². The summed E-state index contributed by atoms with van der Waals surface area (Å²) in [6.45, 7) is 5.16. The molecule has 34 heavy (non-hydrogen) atoms. The third-order valence-corrected chi connectivity index (χ3v) is 7.88. The Bertz CT molecular complexity index is 1210. The topological polar surface area (TPSA) is 84.5 Å². The van der Waals surface area contributed by atoms with Crippen molar-refractivity contribution in [2.24, 2.45) is 5.92 Å². The molecule has 178 valence electrons. The molecule has 0 bridgehead atoms. The molecule has 1 saturated heterocycles. The SMILES string of the molecule is O=C(c1cc2c(CC3CCCCC3)n[nH]c2cc1O)N1Cc2ccc(N3CCNCC3)cc2C1. The van der Waals surface area contributed by atoms with E-state index in [0.717, 1.165) is 49.2 Å². The first kappa shape index (κ1) is 21.5. The summed E-state index contributed by atoms with van der Waals surface area (Å²) in [6.07, 6.45) is 7.36. The number of carbonyl (C=O) groups excluding carboxylic acids is 1. The molecule has 2 aliphatic heterocycles. The summed E-state index contributed by atoms with van der Waals surface area (Å²) < 4.78 is 0. The summed E-state index contributed by atoms with van der Waals surface area (Å²) in [5, 5.41) is 22.7. The van der Waals surface area contributed by atoms with E-state index >= 15 is 0 Å². The Hall–Kier alpha value is -3.06. The first-order valence-electron chi connectivity index (χ1n) is 12.7. The van der Waals surface area contributed by atoms with E-state index < -0.39 is 0 Å². The second-order valence-electron chi connectivity index (χ2n) is 10.1. The number of hydrogen-bond acceptors (Lipinski definition) is 5. The number of phenolic OH excluding ortho intramolecular Hbond substituents is 1. The van der Waals surface area contributed by atoms with Gasteiger partial charge in [-0.1, -0.05) is 38.2 Å². The summed E-state index contributed by atoms with van der Waals surface area (Å²) >= 11 is 0. The molecule has 0 unspecified atom stereocenters. The van der Waals surface area contributed by atoms with Crippen molar-refractivity contribution in [3.05, 3.63) is 52.7 Å². The van der Waals surface area contributed by atoms with Gasteiger partial charge in [-0.15, -0.1) is 0 Å². The maximum absolute atomic E-state index is 13.5. The molecule has 2 fully saturated rings. The average Bonchev–Trinajstić information content (AvgIpc) is 3.47. The number of nitrogens with zero attached hydrogens (tertiary/aromatic N) is 3. The van der Waals surface area contributed by atoms with Gasteiger partial charge in [0.1, 0.15) is 5.75 Å². The van der Waals surface area contributed by atoms with Crippen molar-refractivity contribution in [3.8, 4) is 5.75 Å². The average molecular weight is 460 g/mol. The molecule has 0 atom stereocenters. The number of aromatic amines is 1. The lowest BCUT2D eigenvalue weighted by Gasteiger charge is -2.29. The highest BCUT2D eigenvalue weighted by Crippen LogP contribution is 2.34. The van der Waals surface area contributed by atoms with Crippen molar-refractivity contribution in [3.63, 3.8) is 0 Å². The van der Waals surface area contributed by atoms with Gasteiger partial charge in [0.25, 0.3) is 5.91 Å². The Balaban J connectivity index is 1.22. The lowest BCUT2D eigenvalue weighted by Crippen LogP contribution is -2.43. The Labute approximate surface area is 200 Å². The summed E-state index contributed by atoms with van der Waals surface area (Å²) in [7, 11) is 0. The zero-order chi connectivity index (χ0) is 23.1. The zero-order valence-electron chi connectivity index (χ0n) is 19.6. The van der Waals surface area contributed by atoms with E-state index in [9.17, 15) is 9.90 Å². The van der Waals surface area contributed by atoms with Gasteiger partial charge >= 0.3 is 0 Å². The van der Waals surface area contributed by atoms with Crippen LogP contribution in [0, 0.1) is 5.92 Å². The minimum absolute atomic E-state index is 0.0165. The van der Waals surface area contributed by atoms with Gasteiger partial charge in [0, 0.05) is 56.4 Å². The van der Waals surface area contributed by atoms with Crippen molar-refractivity contribution < 1.29 is 9.90 Å². The van der Waals surface area contributed by atoms with E-state index in [4.69, 9.17) is 0 Å². The lowest BCUT2D eigenvalue weighted by molar-refractivity contribution is 0.0748. The number of fused-ring (bicyclic) bond motifs is 2. The molecular formula is C27H33N5O2. The highest BCUT2D eigenvalue weighted by atomic mass is 16.3. The predicted molar refractivity (Wildman–Crippen MR) is 133 cm³/mol. The first-order chi connectivity index (χ1) is 16.7. The van der Waals surface area contributed by atoms with Crippen LogP contribution in [0.15, 0.2) is 30.3 Å². The van der Waals surface area contributed by atoms with Crippen molar-refractivity contribution in [2.75, 3.05) is 31.1 Å². The van der Waals surface area contributed by atoms with Crippen LogP contribution in [0.25, 0.3) is 10.9 Å². The van der Waals surface area contributed by atoms with Gasteiger partial charge in [-0.3, -0.25) is 9.89 Å².